The quantitative estimate of drug-likeness (QED) is 0.222. The topological polar surface area (TPSA) is 59.8 Å². The summed E-state index contributed by atoms with van der Waals surface area (Å²) in [5, 5.41) is 0. The van der Waals surface area contributed by atoms with Gasteiger partial charge in [-0.25, -0.2) is 0 Å². The average molecular weight is 737 g/mol. The molecule has 0 unspecified atom stereocenters. The number of anilines is 2. The van der Waals surface area contributed by atoms with Crippen LogP contribution in [-0.2, 0) is 73.5 Å². The standard InChI is InChI=1S/2C8H11N2.6ClH.4Cu/c2*1-2-5-10-6-3-4-8(9)7-10;;;;;;;;;;/h2*2-4,6-7H,1,5,9H2;6*1H;;;;/q2*+1;;;;;;;4*+1/p-6. The molecule has 0 spiro atoms. The number of halogens is 6. The van der Waals surface area contributed by atoms with Crippen LogP contribution in [-0.4, -0.2) is 0 Å². The fraction of sp³-hybridized carbons (Fsp3) is 0.125. The van der Waals surface area contributed by atoms with E-state index in [-0.39, 0.29) is 24.8 Å². The van der Waals surface area contributed by atoms with E-state index in [0.29, 0.717) is 0 Å². The van der Waals surface area contributed by atoms with Crippen molar-refractivity contribution in [3.05, 3.63) is 74.4 Å². The number of rotatable bonds is 4. The maximum absolute atomic E-state index is 5.53. The molecule has 4 N–H and O–H groups in total. The maximum atomic E-state index is 5.53. The summed E-state index contributed by atoms with van der Waals surface area (Å²) in [7, 11) is 16.8. The summed E-state index contributed by atoms with van der Waals surface area (Å²) in [6, 6.07) is 7.55. The van der Waals surface area contributed by atoms with E-state index in [1.54, 1.807) is 0 Å². The van der Waals surface area contributed by atoms with Crippen LogP contribution < -0.4 is 45.4 Å². The molecule has 0 amide bonds. The molecule has 4 nitrogen and oxygen atoms in total. The van der Waals surface area contributed by atoms with E-state index in [1.807, 2.05) is 70.3 Å². The van der Waals surface area contributed by atoms with Crippen molar-refractivity contribution in [2.45, 2.75) is 13.1 Å². The first kappa shape index (κ1) is 44.8. The van der Waals surface area contributed by atoms with Crippen LogP contribution in [0.5, 0.6) is 0 Å². The van der Waals surface area contributed by atoms with Gasteiger partial charge in [-0.15, -0.1) is 0 Å². The normalized spacial score (nSPS) is 7.07. The first-order valence-corrected chi connectivity index (χ1v) is 12.0. The predicted molar refractivity (Wildman–Crippen MR) is 106 cm³/mol. The van der Waals surface area contributed by atoms with Gasteiger partial charge in [0.25, 0.3) is 0 Å². The summed E-state index contributed by atoms with van der Waals surface area (Å²) >= 11 is 14.6. The van der Waals surface area contributed by atoms with Crippen LogP contribution >= 0.6 is 40.4 Å². The van der Waals surface area contributed by atoms with E-state index in [9.17, 15) is 0 Å². The molecule has 0 aromatic carbocycles. The van der Waals surface area contributed by atoms with E-state index < -0.39 is 0 Å². The van der Waals surface area contributed by atoms with Crippen molar-refractivity contribution in [2.24, 2.45) is 0 Å². The second-order valence-electron chi connectivity index (χ2n) is 4.25. The first-order valence-electron chi connectivity index (χ1n) is 6.82. The minimum atomic E-state index is 0. The van der Waals surface area contributed by atoms with E-state index in [1.165, 1.54) is 0 Å². The molecular weight excluding hydrogens is 715 g/mol. The molecule has 2 heterocycles. The third-order valence-electron chi connectivity index (χ3n) is 2.44. The summed E-state index contributed by atoms with van der Waals surface area (Å²) in [6.45, 7) is 8.87. The van der Waals surface area contributed by atoms with Crippen LogP contribution in [0.1, 0.15) is 0 Å². The van der Waals surface area contributed by atoms with Crippen molar-refractivity contribution in [1.82, 2.24) is 0 Å². The molecule has 2 aromatic heterocycles. The Morgan fingerprint density at radius 3 is 1.17 bits per heavy atom. The molecule has 0 radical (unpaired) electrons. The number of allylic oxidation sites excluding steroid dienone is 2. The van der Waals surface area contributed by atoms with Crippen molar-refractivity contribution in [2.75, 3.05) is 11.5 Å². The van der Waals surface area contributed by atoms with Gasteiger partial charge in [0.2, 0.25) is 0 Å². The summed E-state index contributed by atoms with van der Waals surface area (Å²) in [5.41, 5.74) is 12.6. The molecule has 0 saturated carbocycles. The zero-order valence-corrected chi connectivity index (χ0v) is 23.4. The van der Waals surface area contributed by atoms with Gasteiger partial charge in [-0.05, 0) is 24.3 Å². The zero-order chi connectivity index (χ0) is 22.8. The molecule has 0 atom stereocenters. The molecule has 2 aromatic rings. The van der Waals surface area contributed by atoms with Gasteiger partial charge in [0.1, 0.15) is 0 Å². The minimum absolute atomic E-state index is 0. The molecule has 2 rings (SSSR count). The van der Waals surface area contributed by atoms with Crippen LogP contribution in [0.25, 0.3) is 0 Å². The molecule has 0 bridgehead atoms. The number of nitrogens with two attached hydrogens (primary N) is 2. The van der Waals surface area contributed by atoms with Gasteiger partial charge in [-0.3, -0.25) is 0 Å². The number of nitrogen functional groups attached to an aromatic ring is 2. The number of aromatic nitrogens is 2. The Morgan fingerprint density at radius 1 is 0.700 bits per heavy atom. The molecular formula is C16H22Cl6Cu4N4. The van der Waals surface area contributed by atoms with Crippen LogP contribution in [0.15, 0.2) is 74.4 Å². The van der Waals surface area contributed by atoms with Crippen LogP contribution in [0.2, 0.25) is 0 Å². The fourth-order valence-electron chi connectivity index (χ4n) is 1.61. The van der Waals surface area contributed by atoms with E-state index >= 15 is 0 Å². The summed E-state index contributed by atoms with van der Waals surface area (Å²) < 4.78 is 3.95. The third-order valence-corrected chi connectivity index (χ3v) is 2.44. The Hall–Kier alpha value is 1.20. The van der Waals surface area contributed by atoms with Crippen molar-refractivity contribution in [3.63, 3.8) is 0 Å². The Labute approximate surface area is 242 Å². The molecule has 0 aliphatic carbocycles. The van der Waals surface area contributed by atoms with Crippen molar-refractivity contribution >= 4 is 51.8 Å². The van der Waals surface area contributed by atoms with Gasteiger partial charge in [0.15, 0.2) is 37.9 Å². The number of hydrogen-bond donors (Lipinski definition) is 2. The zero-order valence-electron chi connectivity index (χ0n) is 15.1. The monoisotopic (exact) mass is 732 g/mol. The fourth-order valence-corrected chi connectivity index (χ4v) is 1.61. The predicted octanol–water partition coefficient (Wildman–Crippen LogP) is -1.76. The first-order chi connectivity index (χ1) is 13.7. The summed E-state index contributed by atoms with van der Waals surface area (Å²) in [6.07, 6.45) is 11.3. The molecule has 192 valence electrons. The van der Waals surface area contributed by atoms with Crippen LogP contribution in [0.4, 0.5) is 11.4 Å². The number of pyridine rings is 2. The second kappa shape index (κ2) is 40.5. The van der Waals surface area contributed by atoms with Gasteiger partial charge in [-0.2, -0.15) is 9.13 Å². The van der Waals surface area contributed by atoms with Crippen LogP contribution in [0.3, 0.4) is 0 Å². The summed E-state index contributed by atoms with van der Waals surface area (Å²) in [4.78, 5) is 0. The molecule has 0 aliphatic heterocycles. The van der Waals surface area contributed by atoms with Gasteiger partial charge in [0, 0.05) is 12.1 Å². The Kier molecular flexibility index (Phi) is 60.6. The molecule has 0 aliphatic rings. The van der Waals surface area contributed by atoms with Crippen LogP contribution in [0, 0.1) is 0 Å². The molecule has 0 saturated heterocycles. The molecule has 30 heavy (non-hydrogen) atoms. The number of hydrogen-bond acceptors (Lipinski definition) is 2. The number of nitrogens with zero attached hydrogens (tertiary/aromatic N) is 2. The Morgan fingerprint density at radius 2 is 0.967 bits per heavy atom. The average Bonchev–Trinajstić information content (AvgIpc) is 2.75. The molecule has 14 heteroatoms. The Bertz CT molecular complexity index is 550. The van der Waals surface area contributed by atoms with Crippen molar-refractivity contribution in [1.29, 1.82) is 0 Å². The SMILES string of the molecule is C=CC[n+]1cccc(N)c1.C=CC[n+]1cccc(N)c1.[Cl-].[Cl-].[Cl][Cu].[Cl][Cu].[Cl][Cu].[Cl][Cu]. The van der Waals surface area contributed by atoms with Gasteiger partial charge >= 0.3 is 101 Å². The van der Waals surface area contributed by atoms with E-state index in [2.05, 4.69) is 114 Å². The Balaban J connectivity index is -0.0000000686. The van der Waals surface area contributed by atoms with E-state index in [4.69, 9.17) is 11.5 Å². The third kappa shape index (κ3) is 31.4. The van der Waals surface area contributed by atoms with Gasteiger partial charge in [0.05, 0.1) is 11.4 Å². The van der Waals surface area contributed by atoms with E-state index in [0.717, 1.165) is 24.5 Å². The van der Waals surface area contributed by atoms with Crippen molar-refractivity contribution < 1.29 is 94.4 Å². The van der Waals surface area contributed by atoms with Crippen molar-refractivity contribution in [3.8, 4) is 0 Å². The summed E-state index contributed by atoms with van der Waals surface area (Å²) in [5.74, 6) is 0. The van der Waals surface area contributed by atoms with Gasteiger partial charge < -0.3 is 36.3 Å². The van der Waals surface area contributed by atoms with Gasteiger partial charge in [-0.1, -0.05) is 13.2 Å². The molecule has 0 fully saturated rings. The second-order valence-corrected chi connectivity index (χ2v) is 4.25.